The summed E-state index contributed by atoms with van der Waals surface area (Å²) >= 11 is 1.86. The topological polar surface area (TPSA) is 26.3 Å². The molecule has 0 amide bonds. The van der Waals surface area contributed by atoms with Crippen LogP contribution in [0.25, 0.3) is 108 Å². The normalized spacial score (nSPS) is 12.1. The predicted molar refractivity (Wildman–Crippen MR) is 208 cm³/mol. The minimum Gasteiger partial charge on any atom is -0.463 e. The second kappa shape index (κ2) is 10.2. The average Bonchev–Trinajstić information content (AvgIpc) is 3.86. The van der Waals surface area contributed by atoms with Crippen LogP contribution in [0.4, 0.5) is 0 Å². The molecule has 3 heteroatoms. The SMILES string of the molecule is c1ccc(-c2coc3c(-c4c5ccccc5c(-c5ccc6sc7ccccc7c6c5)c5ccccc45)c4c(cc23)oc2ccccc24)cc1. The van der Waals surface area contributed by atoms with Gasteiger partial charge in [-0.3, -0.25) is 0 Å². The van der Waals surface area contributed by atoms with E-state index >= 15 is 0 Å². The summed E-state index contributed by atoms with van der Waals surface area (Å²) in [6.07, 6.45) is 1.91. The molecule has 0 aliphatic carbocycles. The Labute approximate surface area is 285 Å². The van der Waals surface area contributed by atoms with Crippen LogP contribution < -0.4 is 0 Å². The van der Waals surface area contributed by atoms with Crippen molar-refractivity contribution in [1.29, 1.82) is 0 Å². The summed E-state index contributed by atoms with van der Waals surface area (Å²) in [4.78, 5) is 0. The molecule has 3 aromatic heterocycles. The quantitative estimate of drug-likeness (QED) is 0.179. The van der Waals surface area contributed by atoms with Crippen molar-refractivity contribution in [3.63, 3.8) is 0 Å². The summed E-state index contributed by atoms with van der Waals surface area (Å²) in [6.45, 7) is 0. The maximum atomic E-state index is 6.67. The summed E-state index contributed by atoms with van der Waals surface area (Å²) in [5, 5.41) is 10.6. The number of hydrogen-bond donors (Lipinski definition) is 0. The molecule has 49 heavy (non-hydrogen) atoms. The van der Waals surface area contributed by atoms with Gasteiger partial charge in [0.2, 0.25) is 0 Å². The molecule has 0 unspecified atom stereocenters. The number of fused-ring (bicyclic) bond motifs is 9. The van der Waals surface area contributed by atoms with E-state index in [-0.39, 0.29) is 0 Å². The maximum Gasteiger partial charge on any atom is 0.143 e. The largest absolute Gasteiger partial charge is 0.463 e. The number of hydrogen-bond acceptors (Lipinski definition) is 3. The highest BCUT2D eigenvalue weighted by atomic mass is 32.1. The Morgan fingerprint density at radius 3 is 1.76 bits per heavy atom. The number of para-hydroxylation sites is 1. The number of furan rings is 2. The molecular weight excluding hydrogens is 617 g/mol. The Bertz CT molecular complexity index is 3050. The van der Waals surface area contributed by atoms with Gasteiger partial charge in [0, 0.05) is 53.0 Å². The molecule has 0 saturated heterocycles. The van der Waals surface area contributed by atoms with Crippen LogP contribution in [0.1, 0.15) is 0 Å². The lowest BCUT2D eigenvalue weighted by molar-refractivity contribution is 0.618. The fourth-order valence-corrected chi connectivity index (χ4v) is 9.13. The molecule has 0 atom stereocenters. The summed E-state index contributed by atoms with van der Waals surface area (Å²) in [7, 11) is 0. The Hall–Kier alpha value is -6.16. The van der Waals surface area contributed by atoms with E-state index in [2.05, 4.69) is 140 Å². The van der Waals surface area contributed by atoms with E-state index < -0.39 is 0 Å². The molecule has 0 N–H and O–H groups in total. The summed E-state index contributed by atoms with van der Waals surface area (Å²) < 4.78 is 15.9. The molecule has 2 nitrogen and oxygen atoms in total. The van der Waals surface area contributed by atoms with Gasteiger partial charge in [-0.2, -0.15) is 0 Å². The van der Waals surface area contributed by atoms with E-state index in [0.717, 1.165) is 55.2 Å². The minimum absolute atomic E-state index is 0.856. The summed E-state index contributed by atoms with van der Waals surface area (Å²) in [6, 6.07) is 54.4. The van der Waals surface area contributed by atoms with Crippen molar-refractivity contribution in [1.82, 2.24) is 0 Å². The fraction of sp³-hybridized carbons (Fsp3) is 0. The summed E-state index contributed by atoms with van der Waals surface area (Å²) in [5.74, 6) is 0. The van der Waals surface area contributed by atoms with Gasteiger partial charge in [0.25, 0.3) is 0 Å². The Morgan fingerprint density at radius 2 is 1.00 bits per heavy atom. The zero-order valence-corrected chi connectivity index (χ0v) is 27.1. The first-order valence-electron chi connectivity index (χ1n) is 16.6. The molecule has 0 spiro atoms. The molecule has 0 radical (unpaired) electrons. The summed E-state index contributed by atoms with van der Waals surface area (Å²) in [5.41, 5.74) is 9.46. The molecule has 8 aromatic carbocycles. The monoisotopic (exact) mass is 642 g/mol. The first kappa shape index (κ1) is 26.9. The lowest BCUT2D eigenvalue weighted by Crippen LogP contribution is -1.92. The van der Waals surface area contributed by atoms with E-state index in [9.17, 15) is 0 Å². The van der Waals surface area contributed by atoms with Crippen LogP contribution in [0.15, 0.2) is 167 Å². The first-order chi connectivity index (χ1) is 24.3. The smallest absolute Gasteiger partial charge is 0.143 e. The third kappa shape index (κ3) is 3.82. The molecule has 11 rings (SSSR count). The van der Waals surface area contributed by atoms with Crippen LogP contribution in [0.2, 0.25) is 0 Å². The van der Waals surface area contributed by atoms with Crippen molar-refractivity contribution in [2.24, 2.45) is 0 Å². The number of rotatable bonds is 3. The molecule has 0 aliphatic heterocycles. The third-order valence-electron chi connectivity index (χ3n) is 10.1. The molecule has 0 aliphatic rings. The fourth-order valence-electron chi connectivity index (χ4n) is 8.04. The highest BCUT2D eigenvalue weighted by Gasteiger charge is 2.25. The molecule has 3 heterocycles. The first-order valence-corrected chi connectivity index (χ1v) is 17.4. The van der Waals surface area contributed by atoms with Gasteiger partial charge in [-0.15, -0.1) is 11.3 Å². The van der Waals surface area contributed by atoms with Crippen LogP contribution in [-0.4, -0.2) is 0 Å². The molecule has 0 saturated carbocycles. The predicted octanol–water partition coefficient (Wildman–Crippen LogP) is 14.0. The van der Waals surface area contributed by atoms with Crippen molar-refractivity contribution in [2.45, 2.75) is 0 Å². The van der Waals surface area contributed by atoms with Crippen molar-refractivity contribution in [3.05, 3.63) is 158 Å². The van der Waals surface area contributed by atoms with Gasteiger partial charge in [-0.25, -0.2) is 0 Å². The molecule has 0 bridgehead atoms. The molecule has 228 valence electrons. The van der Waals surface area contributed by atoms with E-state index in [4.69, 9.17) is 8.83 Å². The Balaban J connectivity index is 1.31. The van der Waals surface area contributed by atoms with Crippen molar-refractivity contribution >= 4 is 86.0 Å². The van der Waals surface area contributed by atoms with Crippen LogP contribution in [0.3, 0.4) is 0 Å². The van der Waals surface area contributed by atoms with E-state index in [1.807, 2.05) is 29.7 Å². The van der Waals surface area contributed by atoms with Gasteiger partial charge >= 0.3 is 0 Å². The standard InChI is InChI=1S/C46H26O2S/c1-2-12-27(13-3-1)37-26-47-46-36(37)25-39-44(34-19-8-10-20-38(34)48-39)45(46)43-32-17-6-4-15-30(32)42(31-16-5-7-18-33(31)43)28-22-23-41-35(24-28)29-14-9-11-21-40(29)49-41/h1-26H. The van der Waals surface area contributed by atoms with Gasteiger partial charge in [0.05, 0.1) is 6.26 Å². The zero-order chi connectivity index (χ0) is 32.1. The highest BCUT2D eigenvalue weighted by molar-refractivity contribution is 7.25. The highest BCUT2D eigenvalue weighted by Crippen LogP contribution is 2.51. The number of benzene rings is 8. The zero-order valence-electron chi connectivity index (χ0n) is 26.2. The Kier molecular flexibility index (Phi) is 5.57. The van der Waals surface area contributed by atoms with Crippen molar-refractivity contribution < 1.29 is 8.83 Å². The second-order valence-electron chi connectivity index (χ2n) is 12.8. The second-order valence-corrected chi connectivity index (χ2v) is 13.8. The van der Waals surface area contributed by atoms with E-state index in [1.54, 1.807) is 0 Å². The lowest BCUT2D eigenvalue weighted by Gasteiger charge is -2.18. The van der Waals surface area contributed by atoms with Gasteiger partial charge in [-0.05, 0) is 68.6 Å². The average molecular weight is 643 g/mol. The molecular formula is C46H26O2S. The van der Waals surface area contributed by atoms with Crippen LogP contribution in [0, 0.1) is 0 Å². The Morgan fingerprint density at radius 1 is 0.388 bits per heavy atom. The third-order valence-corrected chi connectivity index (χ3v) is 11.3. The van der Waals surface area contributed by atoms with E-state index in [1.165, 1.54) is 52.8 Å². The van der Waals surface area contributed by atoms with Crippen LogP contribution >= 0.6 is 11.3 Å². The van der Waals surface area contributed by atoms with E-state index in [0.29, 0.717) is 0 Å². The molecule has 0 fully saturated rings. The minimum atomic E-state index is 0.856. The molecule has 11 aromatic rings. The van der Waals surface area contributed by atoms with Gasteiger partial charge < -0.3 is 8.83 Å². The van der Waals surface area contributed by atoms with Crippen LogP contribution in [0.5, 0.6) is 0 Å². The van der Waals surface area contributed by atoms with Crippen molar-refractivity contribution in [3.8, 4) is 33.4 Å². The van der Waals surface area contributed by atoms with Crippen LogP contribution in [-0.2, 0) is 0 Å². The van der Waals surface area contributed by atoms with Crippen molar-refractivity contribution in [2.75, 3.05) is 0 Å². The number of thiophene rings is 1. The lowest BCUT2D eigenvalue weighted by atomic mass is 9.84. The van der Waals surface area contributed by atoms with Gasteiger partial charge in [-0.1, -0.05) is 121 Å². The maximum absolute atomic E-state index is 6.67. The van der Waals surface area contributed by atoms with Gasteiger partial charge in [0.1, 0.15) is 16.7 Å². The van der Waals surface area contributed by atoms with Gasteiger partial charge in [0.15, 0.2) is 0 Å².